The number of hydrogen-bond donors (Lipinski definition) is 2. The van der Waals surface area contributed by atoms with E-state index >= 15 is 0 Å². The monoisotopic (exact) mass is 319 g/mol. The van der Waals surface area contributed by atoms with Gasteiger partial charge in [0.2, 0.25) is 10.0 Å². The average molecular weight is 319 g/mol. The molecular formula is C15H29NO4S. The van der Waals surface area contributed by atoms with E-state index in [1.165, 1.54) is 0 Å². The van der Waals surface area contributed by atoms with Crippen LogP contribution in [0.2, 0.25) is 0 Å². The molecule has 0 aliphatic heterocycles. The van der Waals surface area contributed by atoms with Gasteiger partial charge in [-0.2, -0.15) is 0 Å². The molecule has 0 radical (unpaired) electrons. The van der Waals surface area contributed by atoms with Gasteiger partial charge in [0.05, 0.1) is 11.2 Å². The van der Waals surface area contributed by atoms with Crippen molar-refractivity contribution in [1.82, 2.24) is 4.72 Å². The van der Waals surface area contributed by atoms with E-state index in [9.17, 15) is 18.3 Å². The van der Waals surface area contributed by atoms with Crippen LogP contribution < -0.4 is 4.72 Å². The zero-order chi connectivity index (χ0) is 16.1. The summed E-state index contributed by atoms with van der Waals surface area (Å²) < 4.78 is 26.7. The molecule has 0 atom stereocenters. The van der Waals surface area contributed by atoms with Crippen LogP contribution in [-0.4, -0.2) is 31.8 Å². The number of rotatable bonds is 6. The normalized spacial score (nSPS) is 20.0. The molecule has 1 saturated carbocycles. The fourth-order valence-corrected chi connectivity index (χ4v) is 4.15. The minimum atomic E-state index is -3.41. The molecule has 0 spiro atoms. The largest absolute Gasteiger partial charge is 0.481 e. The van der Waals surface area contributed by atoms with Gasteiger partial charge in [-0.05, 0) is 24.7 Å². The SMILES string of the molecule is CC(C)(C)CCS(=O)(=O)NCC1(C(=O)O)CCCCCC1. The van der Waals surface area contributed by atoms with Crippen molar-refractivity contribution in [3.05, 3.63) is 0 Å². The molecule has 0 unspecified atom stereocenters. The van der Waals surface area contributed by atoms with Gasteiger partial charge in [-0.1, -0.05) is 46.5 Å². The molecule has 0 aromatic rings. The zero-order valence-corrected chi connectivity index (χ0v) is 14.3. The van der Waals surface area contributed by atoms with Crippen LogP contribution in [0.5, 0.6) is 0 Å². The standard InChI is InChI=1S/C15H29NO4S/c1-14(2,3)10-11-21(19,20)16-12-15(13(17)18)8-6-4-5-7-9-15/h16H,4-12H2,1-3H3,(H,17,18). The Hall–Kier alpha value is -0.620. The maximum atomic E-state index is 12.1. The molecule has 6 heteroatoms. The molecule has 0 bridgehead atoms. The van der Waals surface area contributed by atoms with Gasteiger partial charge in [0.25, 0.3) is 0 Å². The van der Waals surface area contributed by atoms with E-state index in [0.717, 1.165) is 25.7 Å². The number of nitrogens with one attached hydrogen (secondary N) is 1. The first-order valence-corrected chi connectivity index (χ1v) is 9.42. The highest BCUT2D eigenvalue weighted by atomic mass is 32.2. The van der Waals surface area contributed by atoms with E-state index in [2.05, 4.69) is 4.72 Å². The Morgan fingerprint density at radius 1 is 1.14 bits per heavy atom. The zero-order valence-electron chi connectivity index (χ0n) is 13.4. The number of carboxylic acid groups (broad SMARTS) is 1. The van der Waals surface area contributed by atoms with Crippen LogP contribution in [0.4, 0.5) is 0 Å². The molecule has 2 N–H and O–H groups in total. The molecule has 0 saturated heterocycles. The summed E-state index contributed by atoms with van der Waals surface area (Å²) in [7, 11) is -3.41. The quantitative estimate of drug-likeness (QED) is 0.737. The fraction of sp³-hybridized carbons (Fsp3) is 0.933. The molecule has 0 amide bonds. The van der Waals surface area contributed by atoms with Gasteiger partial charge < -0.3 is 5.11 Å². The molecule has 21 heavy (non-hydrogen) atoms. The van der Waals surface area contributed by atoms with Crippen LogP contribution in [0.15, 0.2) is 0 Å². The van der Waals surface area contributed by atoms with Crippen LogP contribution in [0.3, 0.4) is 0 Å². The topological polar surface area (TPSA) is 83.5 Å². The Balaban J connectivity index is 2.66. The van der Waals surface area contributed by atoms with Gasteiger partial charge >= 0.3 is 5.97 Å². The van der Waals surface area contributed by atoms with Gasteiger partial charge in [0.15, 0.2) is 0 Å². The third kappa shape index (κ3) is 6.34. The third-order valence-electron chi connectivity index (χ3n) is 4.27. The second-order valence-electron chi connectivity index (χ2n) is 7.45. The molecule has 1 fully saturated rings. The number of carboxylic acids is 1. The molecule has 0 aromatic carbocycles. The molecule has 1 aliphatic carbocycles. The summed E-state index contributed by atoms with van der Waals surface area (Å²) in [5.41, 5.74) is -0.979. The minimum absolute atomic E-state index is 0.0226. The Morgan fingerprint density at radius 3 is 2.10 bits per heavy atom. The van der Waals surface area contributed by atoms with Crippen LogP contribution in [0, 0.1) is 10.8 Å². The number of carbonyl (C=O) groups is 1. The molecule has 1 aliphatic rings. The van der Waals surface area contributed by atoms with Crippen LogP contribution in [0.25, 0.3) is 0 Å². The minimum Gasteiger partial charge on any atom is -0.481 e. The summed E-state index contributed by atoms with van der Waals surface area (Å²) in [5, 5.41) is 9.53. The van der Waals surface area contributed by atoms with Crippen molar-refractivity contribution in [1.29, 1.82) is 0 Å². The second-order valence-corrected chi connectivity index (χ2v) is 9.38. The van der Waals surface area contributed by atoms with Gasteiger partial charge in [0.1, 0.15) is 0 Å². The summed E-state index contributed by atoms with van der Waals surface area (Å²) in [4.78, 5) is 11.6. The van der Waals surface area contributed by atoms with E-state index in [1.807, 2.05) is 20.8 Å². The third-order valence-corrected chi connectivity index (χ3v) is 5.59. The second kappa shape index (κ2) is 7.09. The van der Waals surface area contributed by atoms with Crippen LogP contribution in [-0.2, 0) is 14.8 Å². The summed E-state index contributed by atoms with van der Waals surface area (Å²) >= 11 is 0. The van der Waals surface area contributed by atoms with E-state index < -0.39 is 21.4 Å². The first kappa shape index (κ1) is 18.4. The lowest BCUT2D eigenvalue weighted by Gasteiger charge is -2.28. The lowest BCUT2D eigenvalue weighted by molar-refractivity contribution is -0.149. The Kier molecular flexibility index (Phi) is 6.23. The lowest BCUT2D eigenvalue weighted by atomic mass is 9.80. The Labute approximate surface area is 128 Å². The van der Waals surface area contributed by atoms with Crippen molar-refractivity contribution < 1.29 is 18.3 Å². The van der Waals surface area contributed by atoms with Crippen molar-refractivity contribution in [3.8, 4) is 0 Å². The highest BCUT2D eigenvalue weighted by Crippen LogP contribution is 2.35. The Morgan fingerprint density at radius 2 is 1.67 bits per heavy atom. The molecule has 0 heterocycles. The first-order chi connectivity index (χ1) is 9.56. The molecular weight excluding hydrogens is 290 g/mol. The van der Waals surface area contributed by atoms with Gasteiger partial charge in [-0.15, -0.1) is 0 Å². The van der Waals surface area contributed by atoms with Gasteiger partial charge in [-0.3, -0.25) is 4.79 Å². The van der Waals surface area contributed by atoms with Crippen molar-refractivity contribution in [2.45, 2.75) is 65.7 Å². The molecule has 124 valence electrons. The summed E-state index contributed by atoms with van der Waals surface area (Å²) in [6.45, 7) is 6.00. The van der Waals surface area contributed by atoms with Gasteiger partial charge in [0, 0.05) is 6.54 Å². The first-order valence-electron chi connectivity index (χ1n) is 7.77. The number of sulfonamides is 1. The average Bonchev–Trinajstić information content (AvgIpc) is 2.60. The summed E-state index contributed by atoms with van der Waals surface area (Å²) in [6.07, 6.45) is 5.46. The maximum absolute atomic E-state index is 12.1. The molecule has 5 nitrogen and oxygen atoms in total. The highest BCUT2D eigenvalue weighted by Gasteiger charge is 2.39. The van der Waals surface area contributed by atoms with Crippen molar-refractivity contribution in [3.63, 3.8) is 0 Å². The van der Waals surface area contributed by atoms with Crippen molar-refractivity contribution >= 4 is 16.0 Å². The predicted octanol–water partition coefficient (Wildman–Crippen LogP) is 2.77. The Bertz CT molecular complexity index is 443. The number of aliphatic carboxylic acids is 1. The van der Waals surface area contributed by atoms with E-state index in [0.29, 0.717) is 19.3 Å². The fourth-order valence-electron chi connectivity index (χ4n) is 2.63. The van der Waals surface area contributed by atoms with E-state index in [4.69, 9.17) is 0 Å². The molecule has 0 aromatic heterocycles. The highest BCUT2D eigenvalue weighted by molar-refractivity contribution is 7.89. The van der Waals surface area contributed by atoms with Crippen molar-refractivity contribution in [2.24, 2.45) is 10.8 Å². The summed E-state index contributed by atoms with van der Waals surface area (Å²) in [5.74, 6) is -0.824. The molecule has 1 rings (SSSR count). The predicted molar refractivity (Wildman–Crippen MR) is 83.6 cm³/mol. The lowest BCUT2D eigenvalue weighted by Crippen LogP contribution is -2.43. The number of hydrogen-bond acceptors (Lipinski definition) is 3. The van der Waals surface area contributed by atoms with E-state index in [-0.39, 0.29) is 17.7 Å². The van der Waals surface area contributed by atoms with Crippen LogP contribution >= 0.6 is 0 Å². The maximum Gasteiger partial charge on any atom is 0.310 e. The smallest absolute Gasteiger partial charge is 0.310 e. The van der Waals surface area contributed by atoms with Gasteiger partial charge in [-0.25, -0.2) is 13.1 Å². The van der Waals surface area contributed by atoms with E-state index in [1.54, 1.807) is 0 Å². The summed E-state index contributed by atoms with van der Waals surface area (Å²) in [6, 6.07) is 0. The van der Waals surface area contributed by atoms with Crippen LogP contribution in [0.1, 0.15) is 65.7 Å². The van der Waals surface area contributed by atoms with Crippen molar-refractivity contribution in [2.75, 3.05) is 12.3 Å².